The number of amides is 2. The molecular weight excluding hydrogens is 428 g/mol. The molecule has 10 atom stereocenters. The van der Waals surface area contributed by atoms with Gasteiger partial charge < -0.3 is 29.8 Å². The Bertz CT molecular complexity index is 983. The van der Waals surface area contributed by atoms with E-state index in [4.69, 9.17) is 26.1 Å². The molecule has 3 saturated carbocycles. The van der Waals surface area contributed by atoms with Gasteiger partial charge in [-0.25, -0.2) is 10.2 Å². The van der Waals surface area contributed by atoms with E-state index in [9.17, 15) is 11.3 Å². The molecule has 0 aromatic rings. The van der Waals surface area contributed by atoms with Crippen molar-refractivity contribution < 1.29 is 31.6 Å². The van der Waals surface area contributed by atoms with Crippen LogP contribution >= 0.6 is 0 Å². The van der Waals surface area contributed by atoms with Gasteiger partial charge in [-0.15, -0.1) is 0 Å². The highest BCUT2D eigenvalue weighted by Crippen LogP contribution is 2.71. The molecule has 2 saturated heterocycles. The Morgan fingerprint density at radius 1 is 1.30 bits per heavy atom. The van der Waals surface area contributed by atoms with Crippen LogP contribution in [0.15, 0.2) is 16.8 Å². The molecule has 2 amide bonds. The van der Waals surface area contributed by atoms with Crippen LogP contribution in [-0.2, 0) is 18.9 Å². The topological polar surface area (TPSA) is 125 Å². The number of aliphatic hydroxyl groups excluding tert-OH is 1. The number of rotatable bonds is 1. The molecule has 2 heterocycles. The standard InChI is InChI=1S/C24H35N3O6/c1-21-7-5-15(26-27-20(25)29)9-14(21)3-4-16-17-6-8-23(22(17,2)10-18(28)19(16)21)24(33-13-31-23)11-30-12-32-24/h9,16-19,28H,3-8,10-13H2,1-2H3,(H3,25,27,29)/b26-15+/t16-,17-,18-,19+,21-,22-,23+,24+/m0/s1/i4D,7D,9+1,15+1/t4?,7-,16-,17-,18-,19+,21-,22-,23+,24+. The first-order valence-corrected chi connectivity index (χ1v) is 11.9. The molecule has 4 N–H and O–H groups in total. The maximum atomic E-state index is 11.8. The molecule has 0 aromatic carbocycles. The average Bonchev–Trinajstić information content (AvgIpc) is 3.49. The smallest absolute Gasteiger partial charge is 0.332 e. The zero-order chi connectivity index (χ0) is 24.8. The number of ether oxygens (including phenoxy) is 4. The number of urea groups is 1. The van der Waals surface area contributed by atoms with Crippen LogP contribution in [-0.4, -0.2) is 54.5 Å². The number of hydrogen-bond acceptors (Lipinski definition) is 7. The average molecular weight is 466 g/mol. The summed E-state index contributed by atoms with van der Waals surface area (Å²) in [6, 6.07) is -0.752. The van der Waals surface area contributed by atoms with Gasteiger partial charge >= 0.3 is 6.03 Å². The van der Waals surface area contributed by atoms with Crippen LogP contribution in [0.5, 0.6) is 0 Å². The number of primary amides is 1. The van der Waals surface area contributed by atoms with E-state index in [0.29, 0.717) is 31.6 Å². The van der Waals surface area contributed by atoms with Crippen LogP contribution < -0.4 is 11.2 Å². The van der Waals surface area contributed by atoms with Crippen LogP contribution in [0.1, 0.15) is 61.5 Å². The lowest BCUT2D eigenvalue weighted by atomic mass is 9.46. The molecule has 33 heavy (non-hydrogen) atoms. The first-order chi connectivity index (χ1) is 16.6. The molecule has 0 radical (unpaired) electrons. The Kier molecular flexibility index (Phi) is 4.33. The molecule has 4 aliphatic carbocycles. The summed E-state index contributed by atoms with van der Waals surface area (Å²) in [5, 5.41) is 15.9. The van der Waals surface area contributed by atoms with E-state index < -0.39 is 47.1 Å². The normalized spacial score (nSPS) is 57.3. The molecule has 6 aliphatic rings. The Hall–Kier alpha value is -1.52. The van der Waals surface area contributed by atoms with Gasteiger partial charge in [0.1, 0.15) is 12.2 Å². The molecule has 182 valence electrons. The van der Waals surface area contributed by atoms with Crippen LogP contribution in [0.4, 0.5) is 4.79 Å². The maximum Gasteiger partial charge on any atom is 0.332 e. The minimum Gasteiger partial charge on any atom is -0.393 e. The zero-order valence-corrected chi connectivity index (χ0v) is 19.2. The van der Waals surface area contributed by atoms with Gasteiger partial charge in [-0.05, 0) is 74.1 Å². The Labute approximate surface area is 196 Å². The summed E-state index contributed by atoms with van der Waals surface area (Å²) < 4.78 is 42.4. The number of aliphatic hydroxyl groups is 1. The molecule has 9 nitrogen and oxygen atoms in total. The number of allylic oxidation sites excluding steroid dienone is 2. The zero-order valence-electron chi connectivity index (χ0n) is 21.2. The minimum atomic E-state index is -0.980. The molecular formula is C24H35N3O6. The number of nitrogens with zero attached hydrogens (tertiary/aromatic N) is 1. The van der Waals surface area contributed by atoms with Crippen molar-refractivity contribution >= 4 is 11.7 Å². The van der Waals surface area contributed by atoms with E-state index in [1.807, 2.05) is 6.08 Å². The lowest BCUT2D eigenvalue weighted by Gasteiger charge is -2.61. The van der Waals surface area contributed by atoms with Gasteiger partial charge in [0.05, 0.1) is 11.8 Å². The van der Waals surface area contributed by atoms with Crippen molar-refractivity contribution in [2.45, 2.75) is 76.2 Å². The Morgan fingerprint density at radius 2 is 2.12 bits per heavy atom. The van der Waals surface area contributed by atoms with Crippen molar-refractivity contribution in [2.75, 3.05) is 20.2 Å². The quantitative estimate of drug-likeness (QED) is 0.403. The number of hydrazone groups is 1. The number of hydrogen-bond donors (Lipinski definition) is 3. The summed E-state index contributed by atoms with van der Waals surface area (Å²) in [7, 11) is 0. The summed E-state index contributed by atoms with van der Waals surface area (Å²) in [5.74, 6) is -1.18. The summed E-state index contributed by atoms with van der Waals surface area (Å²) in [5.41, 5.74) is 7.16. The number of nitrogens with one attached hydrogen (secondary N) is 1. The summed E-state index contributed by atoms with van der Waals surface area (Å²) in [6.07, 6.45) is 3.09. The largest absolute Gasteiger partial charge is 0.393 e. The van der Waals surface area contributed by atoms with Crippen molar-refractivity contribution in [3.63, 3.8) is 0 Å². The Balaban J connectivity index is 1.39. The van der Waals surface area contributed by atoms with Crippen molar-refractivity contribution in [3.05, 3.63) is 11.6 Å². The highest BCUT2D eigenvalue weighted by atomic mass is 16.9. The molecule has 9 heteroatoms. The third-order valence-electron chi connectivity index (χ3n) is 9.74. The van der Waals surface area contributed by atoms with Crippen molar-refractivity contribution in [1.82, 2.24) is 5.43 Å². The molecule has 5 fully saturated rings. The third-order valence-corrected chi connectivity index (χ3v) is 9.74. The maximum absolute atomic E-state index is 11.8. The van der Waals surface area contributed by atoms with E-state index >= 15 is 0 Å². The van der Waals surface area contributed by atoms with Gasteiger partial charge in [0.25, 0.3) is 0 Å². The third kappa shape index (κ3) is 2.77. The Morgan fingerprint density at radius 3 is 2.88 bits per heavy atom. The predicted molar refractivity (Wildman–Crippen MR) is 118 cm³/mol. The van der Waals surface area contributed by atoms with E-state index in [2.05, 4.69) is 24.4 Å². The van der Waals surface area contributed by atoms with E-state index in [1.165, 1.54) is 0 Å². The summed E-state index contributed by atoms with van der Waals surface area (Å²) in [6.45, 7) is 4.82. The molecule has 6 rings (SSSR count). The lowest BCUT2D eigenvalue weighted by molar-refractivity contribution is -0.257. The molecule has 2 spiro atoms. The second-order valence-corrected chi connectivity index (χ2v) is 10.9. The van der Waals surface area contributed by atoms with Gasteiger partial charge in [-0.2, -0.15) is 5.10 Å². The molecule has 0 bridgehead atoms. The summed E-state index contributed by atoms with van der Waals surface area (Å²) >= 11 is 0. The monoisotopic (exact) mass is 465 g/mol. The fourth-order valence-corrected chi connectivity index (χ4v) is 8.32. The van der Waals surface area contributed by atoms with Gasteiger partial charge in [-0.1, -0.05) is 19.4 Å². The second-order valence-electron chi connectivity index (χ2n) is 10.9. The van der Waals surface area contributed by atoms with Crippen LogP contribution in [0.3, 0.4) is 0 Å². The first-order valence-electron chi connectivity index (χ1n) is 13.1. The minimum absolute atomic E-state index is 0.0936. The summed E-state index contributed by atoms with van der Waals surface area (Å²) in [4.78, 5) is 11.1. The fourth-order valence-electron chi connectivity index (χ4n) is 8.32. The number of fused-ring (bicyclic) bond motifs is 7. The number of carbonyl (C=O) groups excluding carboxylic acids is 1. The lowest BCUT2D eigenvalue weighted by Crippen LogP contribution is -2.66. The highest BCUT2D eigenvalue weighted by molar-refractivity contribution is 5.97. The van der Waals surface area contributed by atoms with Gasteiger partial charge in [0.2, 0.25) is 5.79 Å². The van der Waals surface area contributed by atoms with E-state index in [-0.39, 0.29) is 31.3 Å². The van der Waals surface area contributed by atoms with Gasteiger partial charge in [0, 0.05) is 8.16 Å². The van der Waals surface area contributed by atoms with Crippen molar-refractivity contribution in [2.24, 2.45) is 39.4 Å². The first kappa shape index (κ1) is 19.8. The molecule has 0 aromatic heterocycles. The van der Waals surface area contributed by atoms with Crippen molar-refractivity contribution in [1.29, 1.82) is 0 Å². The van der Waals surface area contributed by atoms with Crippen LogP contribution in [0.2, 0.25) is 0 Å². The van der Waals surface area contributed by atoms with E-state index in [0.717, 1.165) is 18.4 Å². The molecule has 2 aliphatic heterocycles. The number of nitrogens with two attached hydrogens (primary N) is 1. The second kappa shape index (κ2) is 7.24. The van der Waals surface area contributed by atoms with Gasteiger partial charge in [-0.3, -0.25) is 0 Å². The van der Waals surface area contributed by atoms with Crippen LogP contribution in [0.25, 0.3) is 0 Å². The predicted octanol–water partition coefficient (Wildman–Crippen LogP) is 2.39. The van der Waals surface area contributed by atoms with Gasteiger partial charge in [0.15, 0.2) is 13.6 Å². The molecule has 1 unspecified atom stereocenters. The van der Waals surface area contributed by atoms with E-state index in [1.54, 1.807) is 0 Å². The van der Waals surface area contributed by atoms with Crippen LogP contribution in [0, 0.1) is 28.6 Å². The SMILES string of the molecule is [2H]C1CC2=[13CH]/[13C](=N/NC(N)=O)C[C@H]([2H])[C@]2(C)[C@@H]2[C@@H]1[C@@H]1CC[C@@]3(OCO[C@]34COCO4)[C@@]1(C)C[C@@H]2O. The van der Waals surface area contributed by atoms with Crippen molar-refractivity contribution in [3.8, 4) is 0 Å². The fraction of sp³-hybridized carbons (Fsp3) is 0.833. The highest BCUT2D eigenvalue weighted by Gasteiger charge is 2.76. The number of carbonyl (C=O) groups is 1.